The molecule has 5 heteroatoms. The van der Waals surface area contributed by atoms with Gasteiger partial charge in [0.15, 0.2) is 0 Å². The molecule has 0 atom stereocenters. The predicted molar refractivity (Wildman–Crippen MR) is 103 cm³/mol. The highest BCUT2D eigenvalue weighted by atomic mass is 79.9. The van der Waals surface area contributed by atoms with Crippen LogP contribution in [0, 0.1) is 0 Å². The highest BCUT2D eigenvalue weighted by Gasteiger charge is 2.04. The highest BCUT2D eigenvalue weighted by Crippen LogP contribution is 2.27. The third-order valence-corrected chi connectivity index (χ3v) is 4.35. The normalized spacial score (nSPS) is 10.8. The average molecular weight is 413 g/mol. The van der Waals surface area contributed by atoms with Crippen LogP contribution >= 0.6 is 27.5 Å². The van der Waals surface area contributed by atoms with Crippen molar-refractivity contribution in [2.45, 2.75) is 26.5 Å². The molecule has 0 radical (unpaired) electrons. The molecule has 0 fully saturated rings. The maximum atomic E-state index is 5.89. The maximum Gasteiger partial charge on any atom is 0.134 e. The smallest absolute Gasteiger partial charge is 0.134 e. The van der Waals surface area contributed by atoms with Gasteiger partial charge in [-0.25, -0.2) is 0 Å². The van der Waals surface area contributed by atoms with Crippen molar-refractivity contribution >= 4 is 27.5 Å². The van der Waals surface area contributed by atoms with Gasteiger partial charge in [-0.15, -0.1) is 0 Å². The standard InChI is InChI=1S/C19H23BrClNO2/c1-2-23-11-3-10-22-13-16-6-9-19(18(20)12-16)24-14-15-4-7-17(21)8-5-15/h4-9,12,22H,2-3,10-11,13-14H2,1H3. The summed E-state index contributed by atoms with van der Waals surface area (Å²) >= 11 is 9.47. The topological polar surface area (TPSA) is 30.5 Å². The van der Waals surface area contributed by atoms with Crippen molar-refractivity contribution in [3.8, 4) is 5.75 Å². The molecule has 0 heterocycles. The number of halogens is 2. The molecule has 0 aliphatic heterocycles. The minimum absolute atomic E-state index is 0.519. The first-order chi connectivity index (χ1) is 11.7. The highest BCUT2D eigenvalue weighted by molar-refractivity contribution is 9.10. The van der Waals surface area contributed by atoms with Crippen LogP contribution in [0.4, 0.5) is 0 Å². The van der Waals surface area contributed by atoms with E-state index < -0.39 is 0 Å². The monoisotopic (exact) mass is 411 g/mol. The van der Waals surface area contributed by atoms with Crippen molar-refractivity contribution in [3.05, 3.63) is 63.1 Å². The molecular weight excluding hydrogens is 390 g/mol. The number of benzene rings is 2. The first-order valence-electron chi connectivity index (χ1n) is 8.13. The number of hydrogen-bond donors (Lipinski definition) is 1. The van der Waals surface area contributed by atoms with E-state index in [1.54, 1.807) is 0 Å². The molecule has 2 aromatic carbocycles. The molecule has 0 unspecified atom stereocenters. The van der Waals surface area contributed by atoms with Crippen molar-refractivity contribution < 1.29 is 9.47 Å². The van der Waals surface area contributed by atoms with Gasteiger partial charge in [0.25, 0.3) is 0 Å². The van der Waals surface area contributed by atoms with Gasteiger partial charge in [-0.3, -0.25) is 0 Å². The Labute approximate surface area is 157 Å². The summed E-state index contributed by atoms with van der Waals surface area (Å²) < 4.78 is 12.1. The van der Waals surface area contributed by atoms with Gasteiger partial charge in [0.1, 0.15) is 12.4 Å². The summed E-state index contributed by atoms with van der Waals surface area (Å²) in [5.74, 6) is 0.838. The molecule has 1 N–H and O–H groups in total. The van der Waals surface area contributed by atoms with E-state index in [1.165, 1.54) is 5.56 Å². The van der Waals surface area contributed by atoms with Gasteiger partial charge in [0.05, 0.1) is 4.47 Å². The Morgan fingerprint density at radius 1 is 1.08 bits per heavy atom. The summed E-state index contributed by atoms with van der Waals surface area (Å²) in [5.41, 5.74) is 2.31. The van der Waals surface area contributed by atoms with Crippen LogP contribution < -0.4 is 10.1 Å². The fourth-order valence-corrected chi connectivity index (χ4v) is 2.86. The summed E-state index contributed by atoms with van der Waals surface area (Å²) in [5, 5.41) is 4.15. The number of rotatable bonds is 10. The van der Waals surface area contributed by atoms with E-state index in [1.807, 2.05) is 37.3 Å². The van der Waals surface area contributed by atoms with Gasteiger partial charge in [-0.2, -0.15) is 0 Å². The van der Waals surface area contributed by atoms with Gasteiger partial charge in [0, 0.05) is 24.8 Å². The zero-order valence-corrected chi connectivity index (χ0v) is 16.2. The summed E-state index contributed by atoms with van der Waals surface area (Å²) in [6.45, 7) is 5.91. The van der Waals surface area contributed by atoms with E-state index in [0.29, 0.717) is 6.61 Å². The van der Waals surface area contributed by atoms with E-state index in [4.69, 9.17) is 21.1 Å². The molecule has 0 aliphatic carbocycles. The molecule has 0 saturated heterocycles. The lowest BCUT2D eigenvalue weighted by Crippen LogP contribution is -2.16. The first kappa shape index (κ1) is 19.3. The average Bonchev–Trinajstić information content (AvgIpc) is 2.59. The van der Waals surface area contributed by atoms with Gasteiger partial charge in [-0.1, -0.05) is 29.8 Å². The van der Waals surface area contributed by atoms with Gasteiger partial charge >= 0.3 is 0 Å². The molecule has 0 saturated carbocycles. The zero-order chi connectivity index (χ0) is 17.2. The van der Waals surface area contributed by atoms with Crippen LogP contribution in [0.25, 0.3) is 0 Å². The summed E-state index contributed by atoms with van der Waals surface area (Å²) in [6.07, 6.45) is 1.03. The molecule has 2 aromatic rings. The molecule has 24 heavy (non-hydrogen) atoms. The van der Waals surface area contributed by atoms with E-state index in [2.05, 4.69) is 33.4 Å². The van der Waals surface area contributed by atoms with E-state index in [0.717, 1.165) is 53.5 Å². The Morgan fingerprint density at radius 3 is 2.54 bits per heavy atom. The van der Waals surface area contributed by atoms with Crippen LogP contribution in [0.3, 0.4) is 0 Å². The van der Waals surface area contributed by atoms with E-state index in [9.17, 15) is 0 Å². The Hall–Kier alpha value is -1.07. The van der Waals surface area contributed by atoms with E-state index in [-0.39, 0.29) is 0 Å². The number of hydrogen-bond acceptors (Lipinski definition) is 3. The van der Waals surface area contributed by atoms with Gasteiger partial charge < -0.3 is 14.8 Å². The SMILES string of the molecule is CCOCCCNCc1ccc(OCc2ccc(Cl)cc2)c(Br)c1. The van der Waals surface area contributed by atoms with Crippen LogP contribution in [-0.4, -0.2) is 19.8 Å². The molecule has 0 bridgehead atoms. The molecule has 130 valence electrons. The van der Waals surface area contributed by atoms with Crippen molar-refractivity contribution in [3.63, 3.8) is 0 Å². The quantitative estimate of drug-likeness (QED) is 0.544. The van der Waals surface area contributed by atoms with Crippen molar-refractivity contribution in [1.29, 1.82) is 0 Å². The summed E-state index contributed by atoms with van der Waals surface area (Å²) in [7, 11) is 0. The van der Waals surface area contributed by atoms with Gasteiger partial charge in [0.2, 0.25) is 0 Å². The molecule has 2 rings (SSSR count). The van der Waals surface area contributed by atoms with Crippen LogP contribution in [0.2, 0.25) is 5.02 Å². The minimum Gasteiger partial charge on any atom is -0.488 e. The molecular formula is C19H23BrClNO2. The first-order valence-corrected chi connectivity index (χ1v) is 9.30. The predicted octanol–water partition coefficient (Wildman–Crippen LogP) is 5.20. The Kier molecular flexibility index (Phi) is 8.60. The third kappa shape index (κ3) is 6.81. The van der Waals surface area contributed by atoms with Crippen LogP contribution in [-0.2, 0) is 17.9 Å². The largest absolute Gasteiger partial charge is 0.488 e. The van der Waals surface area contributed by atoms with Crippen molar-refractivity contribution in [1.82, 2.24) is 5.32 Å². The minimum atomic E-state index is 0.519. The Bertz CT molecular complexity index is 619. The lowest BCUT2D eigenvalue weighted by molar-refractivity contribution is 0.144. The molecule has 0 spiro atoms. The lowest BCUT2D eigenvalue weighted by atomic mass is 10.2. The molecule has 3 nitrogen and oxygen atoms in total. The second-order valence-corrected chi connectivity index (χ2v) is 6.70. The second-order valence-electron chi connectivity index (χ2n) is 5.41. The van der Waals surface area contributed by atoms with Crippen molar-refractivity contribution in [2.75, 3.05) is 19.8 Å². The van der Waals surface area contributed by atoms with Gasteiger partial charge in [-0.05, 0) is 71.2 Å². The molecule has 0 amide bonds. The summed E-state index contributed by atoms with van der Waals surface area (Å²) in [4.78, 5) is 0. The zero-order valence-electron chi connectivity index (χ0n) is 13.9. The fraction of sp³-hybridized carbons (Fsp3) is 0.368. The van der Waals surface area contributed by atoms with Crippen LogP contribution in [0.1, 0.15) is 24.5 Å². The Balaban J connectivity index is 1.77. The van der Waals surface area contributed by atoms with Crippen LogP contribution in [0.15, 0.2) is 46.9 Å². The Morgan fingerprint density at radius 2 is 1.83 bits per heavy atom. The van der Waals surface area contributed by atoms with E-state index >= 15 is 0 Å². The fourth-order valence-electron chi connectivity index (χ4n) is 2.19. The summed E-state index contributed by atoms with van der Waals surface area (Å²) in [6, 6.07) is 13.8. The molecule has 0 aromatic heterocycles. The maximum absolute atomic E-state index is 5.89. The lowest BCUT2D eigenvalue weighted by Gasteiger charge is -2.11. The number of nitrogens with one attached hydrogen (secondary N) is 1. The molecule has 0 aliphatic rings. The number of ether oxygens (including phenoxy) is 2. The van der Waals surface area contributed by atoms with Crippen LogP contribution in [0.5, 0.6) is 5.75 Å². The second kappa shape index (κ2) is 10.7. The third-order valence-electron chi connectivity index (χ3n) is 3.48. The van der Waals surface area contributed by atoms with Crippen molar-refractivity contribution in [2.24, 2.45) is 0 Å².